The van der Waals surface area contributed by atoms with Gasteiger partial charge >= 0.3 is 0 Å². The third-order valence-corrected chi connectivity index (χ3v) is 4.38. The van der Waals surface area contributed by atoms with Crippen LogP contribution >= 0.6 is 0 Å². The van der Waals surface area contributed by atoms with Crippen LogP contribution in [0.25, 0.3) is 11.0 Å². The van der Waals surface area contributed by atoms with E-state index in [-0.39, 0.29) is 24.8 Å². The molecular formula is C20H22N4O2. The van der Waals surface area contributed by atoms with E-state index >= 15 is 0 Å². The Balaban J connectivity index is 1.90. The molecule has 2 amide bonds. The molecule has 134 valence electrons. The van der Waals surface area contributed by atoms with E-state index in [1.165, 1.54) is 0 Å². The number of amides is 2. The van der Waals surface area contributed by atoms with Gasteiger partial charge in [0.1, 0.15) is 12.4 Å². The zero-order valence-electron chi connectivity index (χ0n) is 15.2. The van der Waals surface area contributed by atoms with Gasteiger partial charge < -0.3 is 15.2 Å². The molecule has 3 aromatic rings. The minimum Gasteiger partial charge on any atom is -0.359 e. The average molecular weight is 350 g/mol. The molecule has 0 radical (unpaired) electrons. The molecule has 0 aliphatic heterocycles. The first-order chi connectivity index (χ1) is 12.5. The lowest BCUT2D eigenvalue weighted by molar-refractivity contribution is -0.120. The highest BCUT2D eigenvalue weighted by molar-refractivity contribution is 5.93. The van der Waals surface area contributed by atoms with Crippen LogP contribution in [0.4, 0.5) is 5.69 Å². The first-order valence-electron chi connectivity index (χ1n) is 8.50. The van der Waals surface area contributed by atoms with E-state index in [1.807, 2.05) is 56.3 Å². The van der Waals surface area contributed by atoms with Gasteiger partial charge in [0.25, 0.3) is 0 Å². The van der Waals surface area contributed by atoms with Crippen molar-refractivity contribution in [1.29, 1.82) is 0 Å². The van der Waals surface area contributed by atoms with Crippen molar-refractivity contribution in [3.8, 4) is 0 Å². The number of benzene rings is 2. The fraction of sp³-hybridized carbons (Fsp3) is 0.250. The molecule has 0 saturated heterocycles. The number of imidazole rings is 1. The molecule has 0 bridgehead atoms. The molecule has 1 heterocycles. The number of para-hydroxylation sites is 3. The molecule has 2 aromatic carbocycles. The van der Waals surface area contributed by atoms with Crippen LogP contribution in [0.2, 0.25) is 0 Å². The van der Waals surface area contributed by atoms with Crippen LogP contribution in [0.15, 0.2) is 42.5 Å². The SMILES string of the molecule is CNC(=O)Cc1nc2ccccc2n1CC(=O)Nc1c(C)cccc1C. The minimum atomic E-state index is -0.149. The topological polar surface area (TPSA) is 76.0 Å². The Labute approximate surface area is 152 Å². The third-order valence-electron chi connectivity index (χ3n) is 4.38. The van der Waals surface area contributed by atoms with Gasteiger partial charge in [-0.15, -0.1) is 0 Å². The van der Waals surface area contributed by atoms with Gasteiger partial charge in [-0.25, -0.2) is 4.98 Å². The lowest BCUT2D eigenvalue weighted by Gasteiger charge is -2.13. The predicted octanol–water partition coefficient (Wildman–Crippen LogP) is 2.58. The summed E-state index contributed by atoms with van der Waals surface area (Å²) < 4.78 is 1.80. The largest absolute Gasteiger partial charge is 0.359 e. The highest BCUT2D eigenvalue weighted by atomic mass is 16.2. The van der Waals surface area contributed by atoms with Gasteiger partial charge in [-0.2, -0.15) is 0 Å². The fourth-order valence-corrected chi connectivity index (χ4v) is 3.00. The van der Waals surface area contributed by atoms with Gasteiger partial charge in [-0.1, -0.05) is 30.3 Å². The number of aryl methyl sites for hydroxylation is 2. The summed E-state index contributed by atoms with van der Waals surface area (Å²) in [6.45, 7) is 4.03. The molecule has 0 saturated carbocycles. The number of anilines is 1. The molecule has 0 aliphatic rings. The number of carbonyl (C=O) groups is 2. The van der Waals surface area contributed by atoms with E-state index in [0.29, 0.717) is 5.82 Å². The maximum Gasteiger partial charge on any atom is 0.244 e. The van der Waals surface area contributed by atoms with E-state index in [2.05, 4.69) is 15.6 Å². The number of nitrogens with zero attached hydrogens (tertiary/aromatic N) is 2. The van der Waals surface area contributed by atoms with E-state index in [9.17, 15) is 9.59 Å². The summed E-state index contributed by atoms with van der Waals surface area (Å²) in [4.78, 5) is 29.0. The van der Waals surface area contributed by atoms with Crippen molar-refractivity contribution in [3.63, 3.8) is 0 Å². The number of nitrogens with one attached hydrogen (secondary N) is 2. The molecule has 1 aromatic heterocycles. The van der Waals surface area contributed by atoms with E-state index in [1.54, 1.807) is 11.6 Å². The maximum absolute atomic E-state index is 12.7. The van der Waals surface area contributed by atoms with Crippen LogP contribution in [0.3, 0.4) is 0 Å². The van der Waals surface area contributed by atoms with Crippen molar-refractivity contribution < 1.29 is 9.59 Å². The van der Waals surface area contributed by atoms with E-state index < -0.39 is 0 Å². The second-order valence-corrected chi connectivity index (χ2v) is 6.27. The van der Waals surface area contributed by atoms with Crippen molar-refractivity contribution in [2.45, 2.75) is 26.8 Å². The molecule has 0 spiro atoms. The van der Waals surface area contributed by atoms with Gasteiger partial charge in [-0.3, -0.25) is 9.59 Å². The molecule has 6 heteroatoms. The van der Waals surface area contributed by atoms with Crippen molar-refractivity contribution in [2.24, 2.45) is 0 Å². The number of fused-ring (bicyclic) bond motifs is 1. The number of hydrogen-bond acceptors (Lipinski definition) is 3. The molecule has 3 rings (SSSR count). The summed E-state index contributed by atoms with van der Waals surface area (Å²) in [5, 5.41) is 5.59. The standard InChI is InChI=1S/C20H22N4O2/c1-13-7-6-8-14(2)20(13)23-19(26)12-24-16-10-5-4-9-15(16)22-17(24)11-18(25)21-3/h4-10H,11-12H2,1-3H3,(H,21,25)(H,23,26). The van der Waals surface area contributed by atoms with Crippen LogP contribution in [0.1, 0.15) is 17.0 Å². The summed E-state index contributed by atoms with van der Waals surface area (Å²) in [5.74, 6) is 0.280. The molecule has 26 heavy (non-hydrogen) atoms. The molecular weight excluding hydrogens is 328 g/mol. The van der Waals surface area contributed by atoms with Crippen LogP contribution in [0.5, 0.6) is 0 Å². The molecule has 0 fully saturated rings. The highest BCUT2D eigenvalue weighted by Crippen LogP contribution is 2.21. The number of hydrogen-bond donors (Lipinski definition) is 2. The Morgan fingerprint density at radius 3 is 2.38 bits per heavy atom. The van der Waals surface area contributed by atoms with Crippen LogP contribution < -0.4 is 10.6 Å². The molecule has 0 unspecified atom stereocenters. The van der Waals surface area contributed by atoms with Gasteiger partial charge in [-0.05, 0) is 37.1 Å². The normalized spacial score (nSPS) is 10.7. The Kier molecular flexibility index (Phi) is 5.02. The Bertz CT molecular complexity index is 955. The van der Waals surface area contributed by atoms with Crippen LogP contribution in [0, 0.1) is 13.8 Å². The lowest BCUT2D eigenvalue weighted by atomic mass is 10.1. The summed E-state index contributed by atoms with van der Waals surface area (Å²) in [7, 11) is 1.59. The number of likely N-dealkylation sites (N-methyl/N-ethyl adjacent to an activating group) is 1. The van der Waals surface area contributed by atoms with E-state index in [0.717, 1.165) is 27.8 Å². The molecule has 0 atom stereocenters. The smallest absolute Gasteiger partial charge is 0.244 e. The van der Waals surface area contributed by atoms with Gasteiger partial charge in [0.2, 0.25) is 11.8 Å². The molecule has 0 aliphatic carbocycles. The summed E-state index contributed by atoms with van der Waals surface area (Å²) in [6, 6.07) is 13.5. The fourth-order valence-electron chi connectivity index (χ4n) is 3.00. The first-order valence-corrected chi connectivity index (χ1v) is 8.50. The van der Waals surface area contributed by atoms with Crippen LogP contribution in [-0.4, -0.2) is 28.4 Å². The second-order valence-electron chi connectivity index (χ2n) is 6.27. The van der Waals surface area contributed by atoms with Crippen molar-refractivity contribution in [1.82, 2.24) is 14.9 Å². The summed E-state index contributed by atoms with van der Waals surface area (Å²) in [5.41, 5.74) is 4.46. The third kappa shape index (κ3) is 3.59. The molecule has 6 nitrogen and oxygen atoms in total. The molecule has 2 N–H and O–H groups in total. The Hall–Kier alpha value is -3.15. The summed E-state index contributed by atoms with van der Waals surface area (Å²) >= 11 is 0. The van der Waals surface area contributed by atoms with Gasteiger partial charge in [0.15, 0.2) is 0 Å². The van der Waals surface area contributed by atoms with E-state index in [4.69, 9.17) is 0 Å². The Morgan fingerprint density at radius 2 is 1.69 bits per heavy atom. The quantitative estimate of drug-likeness (QED) is 0.742. The van der Waals surface area contributed by atoms with Crippen LogP contribution in [-0.2, 0) is 22.6 Å². The number of aromatic nitrogens is 2. The Morgan fingerprint density at radius 1 is 1.00 bits per heavy atom. The zero-order valence-corrected chi connectivity index (χ0v) is 15.2. The lowest BCUT2D eigenvalue weighted by Crippen LogP contribution is -2.25. The van der Waals surface area contributed by atoms with Gasteiger partial charge in [0.05, 0.1) is 17.5 Å². The summed E-state index contributed by atoms with van der Waals surface area (Å²) in [6.07, 6.45) is 0.127. The van der Waals surface area contributed by atoms with Crippen molar-refractivity contribution in [2.75, 3.05) is 12.4 Å². The first kappa shape index (κ1) is 17.7. The monoisotopic (exact) mass is 350 g/mol. The maximum atomic E-state index is 12.7. The van der Waals surface area contributed by atoms with Crippen molar-refractivity contribution >= 4 is 28.5 Å². The predicted molar refractivity (Wildman–Crippen MR) is 102 cm³/mol. The second kappa shape index (κ2) is 7.39. The van der Waals surface area contributed by atoms with Gasteiger partial charge in [0, 0.05) is 12.7 Å². The minimum absolute atomic E-state index is 0.0978. The van der Waals surface area contributed by atoms with Crippen molar-refractivity contribution in [3.05, 3.63) is 59.4 Å². The zero-order chi connectivity index (χ0) is 18.7. The average Bonchev–Trinajstić information content (AvgIpc) is 2.95. The number of rotatable bonds is 5. The highest BCUT2D eigenvalue weighted by Gasteiger charge is 2.16. The number of carbonyl (C=O) groups excluding carboxylic acids is 2.